The molecular formula is C23H31ClN6O2. The lowest BCUT2D eigenvalue weighted by molar-refractivity contribution is 0.00368. The van der Waals surface area contributed by atoms with Gasteiger partial charge in [0.25, 0.3) is 5.91 Å². The number of hydrogen-bond donors (Lipinski definition) is 2. The van der Waals surface area contributed by atoms with Crippen molar-refractivity contribution in [3.63, 3.8) is 0 Å². The molecule has 1 heterocycles. The standard InChI is InChI=1S/C23H31ClN6O2/c1-23(2,14-32-4)29(3)18-9-10-20(15(11-18)12-25)30-13-19(21(26)31)22(28-30)27-17-7-5-16(24)6-8-17/h5-8,13,15,18,20H,9-11,14H2,1-4H3,(H2,26,31)(H,27,28). The zero-order valence-corrected chi connectivity index (χ0v) is 19.8. The predicted octanol–water partition coefficient (Wildman–Crippen LogP) is 3.97. The number of rotatable bonds is 8. The van der Waals surface area contributed by atoms with Crippen LogP contribution in [-0.4, -0.2) is 52.9 Å². The molecular weight excluding hydrogens is 428 g/mol. The molecule has 0 saturated heterocycles. The lowest BCUT2D eigenvalue weighted by atomic mass is 9.80. The van der Waals surface area contributed by atoms with E-state index in [0.717, 1.165) is 24.9 Å². The number of carbonyl (C=O) groups excluding carboxylic acids is 1. The smallest absolute Gasteiger partial charge is 0.254 e. The summed E-state index contributed by atoms with van der Waals surface area (Å²) in [6.45, 7) is 4.90. The van der Waals surface area contributed by atoms with Crippen LogP contribution >= 0.6 is 11.6 Å². The van der Waals surface area contributed by atoms with Gasteiger partial charge in [0.15, 0.2) is 5.82 Å². The number of ether oxygens (including phenoxy) is 1. The molecule has 1 amide bonds. The Labute approximate surface area is 194 Å². The number of nitrogens with one attached hydrogen (secondary N) is 1. The van der Waals surface area contributed by atoms with E-state index in [1.165, 1.54) is 0 Å². The minimum atomic E-state index is -0.573. The number of carbonyl (C=O) groups is 1. The molecule has 0 radical (unpaired) electrons. The fourth-order valence-electron chi connectivity index (χ4n) is 4.39. The molecule has 1 saturated carbocycles. The van der Waals surface area contributed by atoms with Crippen LogP contribution in [0.3, 0.4) is 0 Å². The fourth-order valence-corrected chi connectivity index (χ4v) is 4.52. The van der Waals surface area contributed by atoms with Crippen molar-refractivity contribution in [1.29, 1.82) is 5.26 Å². The molecule has 1 fully saturated rings. The number of halogens is 1. The van der Waals surface area contributed by atoms with Gasteiger partial charge in [-0.05, 0) is 64.4 Å². The van der Waals surface area contributed by atoms with Crippen LogP contribution in [0.2, 0.25) is 5.02 Å². The van der Waals surface area contributed by atoms with E-state index in [-0.39, 0.29) is 29.1 Å². The molecule has 3 unspecified atom stereocenters. The van der Waals surface area contributed by atoms with Crippen molar-refractivity contribution in [2.75, 3.05) is 26.1 Å². The van der Waals surface area contributed by atoms with Crippen molar-refractivity contribution >= 4 is 29.0 Å². The first-order valence-electron chi connectivity index (χ1n) is 10.7. The first kappa shape index (κ1) is 24.1. The summed E-state index contributed by atoms with van der Waals surface area (Å²) in [5.41, 5.74) is 6.50. The van der Waals surface area contributed by atoms with E-state index in [4.69, 9.17) is 22.1 Å². The minimum absolute atomic E-state index is 0.131. The molecule has 0 spiro atoms. The van der Waals surface area contributed by atoms with Gasteiger partial charge in [0.2, 0.25) is 0 Å². The molecule has 9 heteroatoms. The van der Waals surface area contributed by atoms with Crippen LogP contribution in [0.4, 0.5) is 11.5 Å². The number of nitrogens with two attached hydrogens (primary N) is 1. The second-order valence-corrected chi connectivity index (χ2v) is 9.43. The number of anilines is 2. The first-order chi connectivity index (χ1) is 15.2. The molecule has 3 rings (SSSR count). The maximum absolute atomic E-state index is 12.1. The highest BCUT2D eigenvalue weighted by Crippen LogP contribution is 2.38. The van der Waals surface area contributed by atoms with Crippen LogP contribution in [-0.2, 0) is 4.74 Å². The molecule has 2 aromatic rings. The molecule has 3 N–H and O–H groups in total. The van der Waals surface area contributed by atoms with E-state index in [2.05, 4.69) is 42.3 Å². The highest BCUT2D eigenvalue weighted by Gasteiger charge is 2.38. The molecule has 8 nitrogen and oxygen atoms in total. The van der Waals surface area contributed by atoms with Gasteiger partial charge >= 0.3 is 0 Å². The second-order valence-electron chi connectivity index (χ2n) is 8.99. The molecule has 1 aromatic heterocycles. The number of aromatic nitrogens is 2. The minimum Gasteiger partial charge on any atom is -0.383 e. The third-order valence-electron chi connectivity index (χ3n) is 6.40. The molecule has 1 aliphatic carbocycles. The van der Waals surface area contributed by atoms with Gasteiger partial charge in [0.1, 0.15) is 5.56 Å². The number of likely N-dealkylation sites (N-methyl/N-ethyl adjacent to an activating group) is 1. The SMILES string of the molecule is COCC(C)(C)N(C)C1CCC(n2cc(C(N)=O)c(Nc3ccc(Cl)cc3)n2)C(C#N)C1. The van der Waals surface area contributed by atoms with Crippen molar-refractivity contribution in [1.82, 2.24) is 14.7 Å². The van der Waals surface area contributed by atoms with Crippen molar-refractivity contribution in [3.05, 3.63) is 41.0 Å². The Bertz CT molecular complexity index is 981. The van der Waals surface area contributed by atoms with E-state index in [1.807, 2.05) is 0 Å². The summed E-state index contributed by atoms with van der Waals surface area (Å²) in [5.74, 6) is -0.438. The summed E-state index contributed by atoms with van der Waals surface area (Å²) in [7, 11) is 3.79. The van der Waals surface area contributed by atoms with Crippen LogP contribution in [0.25, 0.3) is 0 Å². The summed E-state index contributed by atoms with van der Waals surface area (Å²) < 4.78 is 7.10. The topological polar surface area (TPSA) is 109 Å². The Balaban J connectivity index is 1.81. The lowest BCUT2D eigenvalue weighted by Gasteiger charge is -2.44. The zero-order chi connectivity index (χ0) is 23.5. The van der Waals surface area contributed by atoms with E-state index in [1.54, 1.807) is 42.3 Å². The lowest BCUT2D eigenvalue weighted by Crippen LogP contribution is -2.52. The number of hydrogen-bond acceptors (Lipinski definition) is 6. The first-order valence-corrected chi connectivity index (χ1v) is 11.1. The summed E-state index contributed by atoms with van der Waals surface area (Å²) in [4.78, 5) is 14.4. The van der Waals surface area contributed by atoms with Crippen molar-refractivity contribution in [3.8, 4) is 6.07 Å². The molecule has 0 bridgehead atoms. The molecule has 3 atom stereocenters. The van der Waals surface area contributed by atoms with Gasteiger partial charge in [0, 0.05) is 35.6 Å². The molecule has 172 valence electrons. The van der Waals surface area contributed by atoms with Gasteiger partial charge < -0.3 is 15.8 Å². The molecule has 0 aliphatic heterocycles. The van der Waals surface area contributed by atoms with Crippen molar-refractivity contribution in [2.45, 2.75) is 50.7 Å². The van der Waals surface area contributed by atoms with Gasteiger partial charge in [-0.2, -0.15) is 10.4 Å². The highest BCUT2D eigenvalue weighted by atomic mass is 35.5. The number of methoxy groups -OCH3 is 1. The van der Waals surface area contributed by atoms with Gasteiger partial charge in [-0.15, -0.1) is 0 Å². The number of primary amides is 1. The quantitative estimate of drug-likeness (QED) is 0.619. The predicted molar refractivity (Wildman–Crippen MR) is 125 cm³/mol. The number of nitriles is 1. The third kappa shape index (κ3) is 5.23. The van der Waals surface area contributed by atoms with Gasteiger partial charge in [-0.25, -0.2) is 0 Å². The maximum atomic E-state index is 12.1. The van der Waals surface area contributed by atoms with Crippen LogP contribution < -0.4 is 11.1 Å². The Morgan fingerprint density at radius 3 is 2.69 bits per heavy atom. The largest absolute Gasteiger partial charge is 0.383 e. The maximum Gasteiger partial charge on any atom is 0.254 e. The Kier molecular flexibility index (Phi) is 7.44. The average Bonchev–Trinajstić information content (AvgIpc) is 3.18. The summed E-state index contributed by atoms with van der Waals surface area (Å²) in [6, 6.07) is 9.69. The van der Waals surface area contributed by atoms with Crippen LogP contribution in [0.1, 0.15) is 49.5 Å². The fraction of sp³-hybridized carbons (Fsp3) is 0.522. The monoisotopic (exact) mass is 458 g/mol. The van der Waals surface area contributed by atoms with Crippen LogP contribution in [0.15, 0.2) is 30.5 Å². The Morgan fingerprint density at radius 1 is 1.41 bits per heavy atom. The summed E-state index contributed by atoms with van der Waals surface area (Å²) in [5, 5.41) is 18.3. The second kappa shape index (κ2) is 9.90. The average molecular weight is 459 g/mol. The normalized spacial score (nSPS) is 21.3. The van der Waals surface area contributed by atoms with E-state index >= 15 is 0 Å². The zero-order valence-electron chi connectivity index (χ0n) is 19.0. The van der Waals surface area contributed by atoms with Crippen molar-refractivity contribution in [2.24, 2.45) is 11.7 Å². The van der Waals surface area contributed by atoms with Crippen LogP contribution in [0.5, 0.6) is 0 Å². The Hall–Kier alpha value is -2.60. The van der Waals surface area contributed by atoms with Gasteiger partial charge in [-0.3, -0.25) is 14.4 Å². The number of nitrogens with zero attached hydrogens (tertiary/aromatic N) is 4. The van der Waals surface area contributed by atoms with E-state index in [9.17, 15) is 10.1 Å². The van der Waals surface area contributed by atoms with Gasteiger partial charge in [0.05, 0.1) is 24.6 Å². The molecule has 1 aromatic carbocycles. The van der Waals surface area contributed by atoms with E-state index < -0.39 is 5.91 Å². The van der Waals surface area contributed by atoms with Gasteiger partial charge in [-0.1, -0.05) is 11.6 Å². The summed E-state index contributed by atoms with van der Waals surface area (Å²) in [6.07, 6.45) is 4.06. The third-order valence-corrected chi connectivity index (χ3v) is 6.65. The molecule has 32 heavy (non-hydrogen) atoms. The number of amides is 1. The van der Waals surface area contributed by atoms with E-state index in [0.29, 0.717) is 17.4 Å². The van der Waals surface area contributed by atoms with Crippen LogP contribution in [0, 0.1) is 17.2 Å². The Morgan fingerprint density at radius 2 is 2.09 bits per heavy atom. The highest BCUT2D eigenvalue weighted by molar-refractivity contribution is 6.30. The molecule has 1 aliphatic rings. The number of benzene rings is 1. The summed E-state index contributed by atoms with van der Waals surface area (Å²) >= 11 is 5.95. The van der Waals surface area contributed by atoms with Crippen molar-refractivity contribution < 1.29 is 9.53 Å².